The zero-order valence-corrected chi connectivity index (χ0v) is 16.6. The van der Waals surface area contributed by atoms with Gasteiger partial charge in [0.15, 0.2) is 17.5 Å². The van der Waals surface area contributed by atoms with Crippen LogP contribution in [-0.2, 0) is 10.0 Å². The van der Waals surface area contributed by atoms with Gasteiger partial charge in [-0.15, -0.1) is 0 Å². The van der Waals surface area contributed by atoms with Gasteiger partial charge >= 0.3 is 0 Å². The molecule has 0 aromatic heterocycles. The minimum absolute atomic E-state index is 0.00362. The normalized spacial score (nSPS) is 18.1. The highest BCUT2D eigenvalue weighted by molar-refractivity contribution is 7.89. The number of halogens is 5. The summed E-state index contributed by atoms with van der Waals surface area (Å²) in [5.41, 5.74) is -0.0549. The smallest absolute Gasteiger partial charge is 0.246 e. The van der Waals surface area contributed by atoms with Gasteiger partial charge in [-0.2, -0.15) is 4.31 Å². The topological polar surface area (TPSA) is 49.4 Å². The molecule has 2 aromatic carbocycles. The quantitative estimate of drug-likeness (QED) is 0.528. The summed E-state index contributed by atoms with van der Waals surface area (Å²) in [5.74, 6) is -5.50. The maximum atomic E-state index is 14.4. The minimum Gasteiger partial charge on any atom is -0.355 e. The number of alkyl halides is 1. The molecule has 1 heterocycles. The zero-order chi connectivity index (χ0) is 22.1. The van der Waals surface area contributed by atoms with Crippen molar-refractivity contribution in [1.29, 1.82) is 0 Å². The van der Waals surface area contributed by atoms with Crippen LogP contribution in [0.25, 0.3) is 5.70 Å². The third-order valence-corrected chi connectivity index (χ3v) is 6.63. The highest BCUT2D eigenvalue weighted by Crippen LogP contribution is 2.27. The lowest BCUT2D eigenvalue weighted by Crippen LogP contribution is -2.35. The summed E-state index contributed by atoms with van der Waals surface area (Å²) >= 11 is 0. The van der Waals surface area contributed by atoms with Crippen LogP contribution in [0, 0.1) is 23.3 Å². The second-order valence-corrected chi connectivity index (χ2v) is 8.87. The molecule has 1 aliphatic rings. The Balaban J connectivity index is 1.90. The number of hydrogen-bond acceptors (Lipinski definition) is 3. The molecule has 1 aliphatic heterocycles. The van der Waals surface area contributed by atoms with Crippen LogP contribution in [-0.4, -0.2) is 32.0 Å². The number of benzene rings is 2. The van der Waals surface area contributed by atoms with Gasteiger partial charge in [0.25, 0.3) is 0 Å². The lowest BCUT2D eigenvalue weighted by Gasteiger charge is -2.22. The molecule has 1 unspecified atom stereocenters. The predicted octanol–water partition coefficient (Wildman–Crippen LogP) is 4.84. The summed E-state index contributed by atoms with van der Waals surface area (Å²) in [6, 6.07) is 4.53. The van der Waals surface area contributed by atoms with Crippen molar-refractivity contribution < 1.29 is 30.4 Å². The predicted molar refractivity (Wildman–Crippen MR) is 103 cm³/mol. The monoisotopic (exact) mass is 446 g/mol. The maximum Gasteiger partial charge on any atom is 0.246 e. The number of sulfonamides is 1. The summed E-state index contributed by atoms with van der Waals surface area (Å²) < 4.78 is 94.8. The van der Waals surface area contributed by atoms with E-state index in [-0.39, 0.29) is 36.5 Å². The second kappa shape index (κ2) is 8.73. The number of nitrogens with one attached hydrogen (secondary N) is 1. The van der Waals surface area contributed by atoms with Gasteiger partial charge < -0.3 is 5.32 Å². The SMILES string of the molecule is C=C(Nc1cc(F)c(F)c(F)c1)c1ccc(F)c(S(=O)(=O)N2CCCCC(F)C2)c1. The molecule has 4 nitrogen and oxygen atoms in total. The van der Waals surface area contributed by atoms with Crippen molar-refractivity contribution in [3.8, 4) is 0 Å². The fourth-order valence-corrected chi connectivity index (χ4v) is 4.77. The molecule has 162 valence electrons. The van der Waals surface area contributed by atoms with Gasteiger partial charge in [-0.05, 0) is 43.0 Å². The minimum atomic E-state index is -4.32. The molecular weight excluding hydrogens is 427 g/mol. The van der Waals surface area contributed by atoms with Crippen molar-refractivity contribution in [1.82, 2.24) is 4.31 Å². The van der Waals surface area contributed by atoms with Crippen molar-refractivity contribution in [2.24, 2.45) is 0 Å². The molecule has 1 fully saturated rings. The number of hydrogen-bond donors (Lipinski definition) is 1. The Bertz CT molecular complexity index is 1050. The standard InChI is InChI=1S/C20H19F5N2O2S/c1-12(26-15-9-17(23)20(25)18(24)10-15)13-5-6-16(22)19(8-13)30(28,29)27-7-3-2-4-14(21)11-27/h5-6,8-10,14,26H,1-4,7,11H2. The van der Waals surface area contributed by atoms with Crippen molar-refractivity contribution in [3.05, 3.63) is 65.7 Å². The number of rotatable bonds is 5. The Kier molecular flexibility index (Phi) is 6.47. The zero-order valence-electron chi connectivity index (χ0n) is 15.8. The van der Waals surface area contributed by atoms with Gasteiger partial charge in [-0.3, -0.25) is 0 Å². The van der Waals surface area contributed by atoms with E-state index in [0.29, 0.717) is 25.0 Å². The average Bonchev–Trinajstić information content (AvgIpc) is 2.91. The summed E-state index contributed by atoms with van der Waals surface area (Å²) in [5, 5.41) is 2.53. The Morgan fingerprint density at radius 2 is 1.70 bits per heavy atom. The summed E-state index contributed by atoms with van der Waals surface area (Å²) in [4.78, 5) is -0.659. The lowest BCUT2D eigenvalue weighted by molar-refractivity contribution is 0.272. The van der Waals surface area contributed by atoms with Crippen LogP contribution in [0.15, 0.2) is 41.8 Å². The molecular formula is C20H19F5N2O2S. The first-order chi connectivity index (χ1) is 14.1. The first-order valence-electron chi connectivity index (χ1n) is 9.14. The van der Waals surface area contributed by atoms with E-state index in [2.05, 4.69) is 11.9 Å². The Labute approximate surface area is 171 Å². The van der Waals surface area contributed by atoms with Crippen LogP contribution < -0.4 is 5.32 Å². The van der Waals surface area contributed by atoms with Gasteiger partial charge in [0, 0.05) is 36.6 Å². The van der Waals surface area contributed by atoms with E-state index in [9.17, 15) is 30.4 Å². The highest BCUT2D eigenvalue weighted by Gasteiger charge is 2.31. The fourth-order valence-electron chi connectivity index (χ4n) is 3.18. The first kappa shape index (κ1) is 22.2. The van der Waals surface area contributed by atoms with Crippen LogP contribution in [0.4, 0.5) is 27.6 Å². The Morgan fingerprint density at radius 1 is 1.03 bits per heavy atom. The van der Waals surface area contributed by atoms with Crippen LogP contribution >= 0.6 is 0 Å². The summed E-state index contributed by atoms with van der Waals surface area (Å²) in [7, 11) is -4.32. The van der Waals surface area contributed by atoms with E-state index in [4.69, 9.17) is 0 Å². The van der Waals surface area contributed by atoms with Crippen molar-refractivity contribution in [2.45, 2.75) is 30.3 Å². The number of anilines is 1. The number of nitrogens with zero attached hydrogens (tertiary/aromatic N) is 1. The lowest BCUT2D eigenvalue weighted by atomic mass is 10.1. The molecule has 0 saturated carbocycles. The molecule has 1 N–H and O–H groups in total. The molecule has 0 spiro atoms. The van der Waals surface area contributed by atoms with E-state index in [0.717, 1.165) is 16.4 Å². The van der Waals surface area contributed by atoms with Crippen LogP contribution in [0.5, 0.6) is 0 Å². The molecule has 1 saturated heterocycles. The van der Waals surface area contributed by atoms with E-state index in [1.165, 1.54) is 6.07 Å². The molecule has 0 amide bonds. The van der Waals surface area contributed by atoms with Crippen molar-refractivity contribution in [3.63, 3.8) is 0 Å². The Morgan fingerprint density at radius 3 is 2.37 bits per heavy atom. The molecule has 2 aromatic rings. The van der Waals surface area contributed by atoms with E-state index in [1.807, 2.05) is 0 Å². The van der Waals surface area contributed by atoms with Gasteiger partial charge in [-0.25, -0.2) is 30.4 Å². The molecule has 0 aliphatic carbocycles. The third kappa shape index (κ3) is 4.65. The van der Waals surface area contributed by atoms with E-state index in [1.54, 1.807) is 0 Å². The van der Waals surface area contributed by atoms with Crippen LogP contribution in [0.1, 0.15) is 24.8 Å². The third-order valence-electron chi connectivity index (χ3n) is 4.75. The highest BCUT2D eigenvalue weighted by atomic mass is 32.2. The Hall–Kier alpha value is -2.46. The van der Waals surface area contributed by atoms with Gasteiger partial charge in [-0.1, -0.05) is 6.58 Å². The molecule has 0 radical (unpaired) electrons. The van der Waals surface area contributed by atoms with Crippen LogP contribution in [0.2, 0.25) is 0 Å². The van der Waals surface area contributed by atoms with Crippen molar-refractivity contribution in [2.75, 3.05) is 18.4 Å². The maximum absolute atomic E-state index is 14.4. The largest absolute Gasteiger partial charge is 0.355 e. The van der Waals surface area contributed by atoms with E-state index < -0.39 is 44.4 Å². The molecule has 3 rings (SSSR count). The first-order valence-corrected chi connectivity index (χ1v) is 10.6. The summed E-state index contributed by atoms with van der Waals surface area (Å²) in [6.07, 6.45) is -0.119. The molecule has 1 atom stereocenters. The van der Waals surface area contributed by atoms with Crippen molar-refractivity contribution >= 4 is 21.4 Å². The molecule has 30 heavy (non-hydrogen) atoms. The fraction of sp³-hybridized carbons (Fsp3) is 0.300. The van der Waals surface area contributed by atoms with E-state index >= 15 is 0 Å². The van der Waals surface area contributed by atoms with Crippen LogP contribution in [0.3, 0.4) is 0 Å². The summed E-state index contributed by atoms with van der Waals surface area (Å²) in [6.45, 7) is 3.36. The second-order valence-electron chi connectivity index (χ2n) is 6.96. The van der Waals surface area contributed by atoms with Gasteiger partial charge in [0.2, 0.25) is 10.0 Å². The molecule has 10 heteroatoms. The average molecular weight is 446 g/mol. The van der Waals surface area contributed by atoms with Gasteiger partial charge in [0.05, 0.1) is 0 Å². The molecule has 0 bridgehead atoms. The van der Waals surface area contributed by atoms with Gasteiger partial charge in [0.1, 0.15) is 16.9 Å².